The number of carbonyl (C=O) groups excluding carboxylic acids is 2. The molecule has 1 aromatic carbocycles. The zero-order chi connectivity index (χ0) is 15.9. The van der Waals surface area contributed by atoms with E-state index < -0.39 is 0 Å². The minimum atomic E-state index is -0.301. The first kappa shape index (κ1) is 16.0. The van der Waals surface area contributed by atoms with Crippen molar-refractivity contribution in [2.24, 2.45) is 0 Å². The van der Waals surface area contributed by atoms with E-state index in [1.54, 1.807) is 28.0 Å². The van der Waals surface area contributed by atoms with Crippen molar-refractivity contribution in [1.29, 1.82) is 0 Å². The van der Waals surface area contributed by atoms with Crippen LogP contribution in [0.3, 0.4) is 0 Å². The fraction of sp³-hybridized carbons (Fsp3) is 0.375. The molecule has 118 valence electrons. The Hall–Kier alpha value is -2.37. The van der Waals surface area contributed by atoms with E-state index in [0.29, 0.717) is 32.7 Å². The third kappa shape index (κ3) is 4.31. The molecule has 0 aromatic heterocycles. The number of nitrogens with one attached hydrogen (secondary N) is 1. The summed E-state index contributed by atoms with van der Waals surface area (Å²) < 4.78 is 12.8. The highest BCUT2D eigenvalue weighted by atomic mass is 19.1. The molecule has 3 amide bonds. The molecule has 0 unspecified atom stereocenters. The molecule has 1 aliphatic rings. The SMILES string of the molecule is CCNC(=O)N1CCN(C(=O)/C=C/c2ccc(F)cc2)CC1. The number of benzene rings is 1. The molecule has 1 aromatic rings. The van der Waals surface area contributed by atoms with Crippen LogP contribution in [-0.2, 0) is 4.79 Å². The fourth-order valence-electron chi connectivity index (χ4n) is 2.24. The fourth-order valence-corrected chi connectivity index (χ4v) is 2.24. The predicted octanol–water partition coefficient (Wildman–Crippen LogP) is 1.71. The van der Waals surface area contributed by atoms with Crippen molar-refractivity contribution in [1.82, 2.24) is 15.1 Å². The maximum Gasteiger partial charge on any atom is 0.317 e. The lowest BCUT2D eigenvalue weighted by Crippen LogP contribution is -2.52. The topological polar surface area (TPSA) is 52.7 Å². The van der Waals surface area contributed by atoms with Crippen LogP contribution < -0.4 is 5.32 Å². The van der Waals surface area contributed by atoms with Gasteiger partial charge in [-0.05, 0) is 30.7 Å². The van der Waals surface area contributed by atoms with Gasteiger partial charge in [0, 0.05) is 38.8 Å². The molecule has 22 heavy (non-hydrogen) atoms. The standard InChI is InChI=1S/C16H20FN3O2/c1-2-18-16(22)20-11-9-19(10-12-20)15(21)8-5-13-3-6-14(17)7-4-13/h3-8H,2,9-12H2,1H3,(H,18,22)/b8-5+. The lowest BCUT2D eigenvalue weighted by atomic mass is 10.2. The quantitative estimate of drug-likeness (QED) is 0.864. The Morgan fingerprint density at radius 1 is 1.14 bits per heavy atom. The summed E-state index contributed by atoms with van der Waals surface area (Å²) in [5.41, 5.74) is 0.774. The van der Waals surface area contributed by atoms with Gasteiger partial charge in [0.05, 0.1) is 0 Å². The Labute approximate surface area is 129 Å². The Morgan fingerprint density at radius 3 is 2.32 bits per heavy atom. The summed E-state index contributed by atoms with van der Waals surface area (Å²) in [7, 11) is 0. The van der Waals surface area contributed by atoms with E-state index in [9.17, 15) is 14.0 Å². The normalized spacial score (nSPS) is 15.2. The van der Waals surface area contributed by atoms with Crippen LogP contribution in [0.5, 0.6) is 0 Å². The third-order valence-corrected chi connectivity index (χ3v) is 3.49. The summed E-state index contributed by atoms with van der Waals surface area (Å²) in [6.45, 7) is 4.56. The first-order chi connectivity index (χ1) is 10.6. The smallest absolute Gasteiger partial charge is 0.317 e. The highest BCUT2D eigenvalue weighted by Crippen LogP contribution is 2.07. The van der Waals surface area contributed by atoms with E-state index in [-0.39, 0.29) is 17.8 Å². The van der Waals surface area contributed by atoms with Gasteiger partial charge in [-0.2, -0.15) is 0 Å². The molecule has 0 radical (unpaired) electrons. The molecule has 0 spiro atoms. The van der Waals surface area contributed by atoms with Crippen molar-refractivity contribution in [2.45, 2.75) is 6.92 Å². The highest BCUT2D eigenvalue weighted by molar-refractivity contribution is 5.92. The van der Waals surface area contributed by atoms with Crippen LogP contribution in [0.1, 0.15) is 12.5 Å². The van der Waals surface area contributed by atoms with Crippen molar-refractivity contribution < 1.29 is 14.0 Å². The van der Waals surface area contributed by atoms with Gasteiger partial charge in [0.2, 0.25) is 5.91 Å². The van der Waals surface area contributed by atoms with Crippen molar-refractivity contribution in [2.75, 3.05) is 32.7 Å². The molecule has 0 saturated carbocycles. The molecular weight excluding hydrogens is 285 g/mol. The second-order valence-corrected chi connectivity index (χ2v) is 5.03. The second kappa shape index (κ2) is 7.59. The number of amides is 3. The lowest BCUT2D eigenvalue weighted by molar-refractivity contribution is -0.127. The number of hydrogen-bond acceptors (Lipinski definition) is 2. The monoisotopic (exact) mass is 305 g/mol. The van der Waals surface area contributed by atoms with E-state index in [1.807, 2.05) is 6.92 Å². The molecule has 0 aliphatic carbocycles. The van der Waals surface area contributed by atoms with Crippen molar-refractivity contribution >= 4 is 18.0 Å². The summed E-state index contributed by atoms with van der Waals surface area (Å²) in [6.07, 6.45) is 3.15. The van der Waals surface area contributed by atoms with Crippen molar-refractivity contribution in [3.05, 3.63) is 41.7 Å². The van der Waals surface area contributed by atoms with E-state index >= 15 is 0 Å². The first-order valence-electron chi connectivity index (χ1n) is 7.35. The van der Waals surface area contributed by atoms with Gasteiger partial charge >= 0.3 is 6.03 Å². The molecule has 0 bridgehead atoms. The van der Waals surface area contributed by atoms with Gasteiger partial charge < -0.3 is 15.1 Å². The van der Waals surface area contributed by atoms with Crippen molar-refractivity contribution in [3.8, 4) is 0 Å². The Balaban J connectivity index is 1.84. The maximum absolute atomic E-state index is 12.8. The molecule has 5 nitrogen and oxygen atoms in total. The summed E-state index contributed by atoms with van der Waals surface area (Å²) in [6, 6.07) is 5.86. The molecule has 1 heterocycles. The predicted molar refractivity (Wildman–Crippen MR) is 82.7 cm³/mol. The Morgan fingerprint density at radius 2 is 1.73 bits per heavy atom. The summed E-state index contributed by atoms with van der Waals surface area (Å²) >= 11 is 0. The van der Waals surface area contributed by atoms with E-state index in [4.69, 9.17) is 0 Å². The molecular formula is C16H20FN3O2. The van der Waals surface area contributed by atoms with Gasteiger partial charge in [0.25, 0.3) is 0 Å². The summed E-state index contributed by atoms with van der Waals surface area (Å²) in [5.74, 6) is -0.398. The van der Waals surface area contributed by atoms with Gasteiger partial charge in [-0.15, -0.1) is 0 Å². The number of carbonyl (C=O) groups is 2. The first-order valence-corrected chi connectivity index (χ1v) is 7.35. The van der Waals surface area contributed by atoms with Gasteiger partial charge in [-0.1, -0.05) is 12.1 Å². The maximum atomic E-state index is 12.8. The van der Waals surface area contributed by atoms with Gasteiger partial charge in [0.15, 0.2) is 0 Å². The van der Waals surface area contributed by atoms with Crippen LogP contribution in [-0.4, -0.2) is 54.5 Å². The van der Waals surface area contributed by atoms with Crippen molar-refractivity contribution in [3.63, 3.8) is 0 Å². The largest absolute Gasteiger partial charge is 0.338 e. The molecule has 6 heteroatoms. The van der Waals surface area contributed by atoms with Crippen LogP contribution in [0.4, 0.5) is 9.18 Å². The van der Waals surface area contributed by atoms with Gasteiger partial charge in [-0.3, -0.25) is 4.79 Å². The molecule has 1 fully saturated rings. The highest BCUT2D eigenvalue weighted by Gasteiger charge is 2.22. The number of rotatable bonds is 3. The van der Waals surface area contributed by atoms with Crippen LogP contribution >= 0.6 is 0 Å². The van der Waals surface area contributed by atoms with Crippen LogP contribution in [0, 0.1) is 5.82 Å². The lowest BCUT2D eigenvalue weighted by Gasteiger charge is -2.34. The minimum absolute atomic E-state index is 0.0866. The van der Waals surface area contributed by atoms with Gasteiger partial charge in [0.1, 0.15) is 5.82 Å². The van der Waals surface area contributed by atoms with Crippen LogP contribution in [0.2, 0.25) is 0 Å². The van der Waals surface area contributed by atoms with E-state index in [2.05, 4.69) is 5.32 Å². The number of nitrogens with zero attached hydrogens (tertiary/aromatic N) is 2. The zero-order valence-corrected chi connectivity index (χ0v) is 12.6. The number of halogens is 1. The molecule has 0 atom stereocenters. The summed E-state index contributed by atoms with van der Waals surface area (Å²) in [4.78, 5) is 27.2. The molecule has 1 saturated heterocycles. The Kier molecular flexibility index (Phi) is 5.52. The molecule has 1 aliphatic heterocycles. The van der Waals surface area contributed by atoms with Crippen LogP contribution in [0.25, 0.3) is 6.08 Å². The number of urea groups is 1. The zero-order valence-electron chi connectivity index (χ0n) is 12.6. The molecule has 1 N–H and O–H groups in total. The Bertz CT molecular complexity index is 549. The van der Waals surface area contributed by atoms with Gasteiger partial charge in [-0.25, -0.2) is 9.18 Å². The number of hydrogen-bond donors (Lipinski definition) is 1. The third-order valence-electron chi connectivity index (χ3n) is 3.49. The van der Waals surface area contributed by atoms with Crippen LogP contribution in [0.15, 0.2) is 30.3 Å². The minimum Gasteiger partial charge on any atom is -0.338 e. The number of piperazine rings is 1. The van der Waals surface area contributed by atoms with E-state index in [0.717, 1.165) is 5.56 Å². The average molecular weight is 305 g/mol. The second-order valence-electron chi connectivity index (χ2n) is 5.03. The average Bonchev–Trinajstić information content (AvgIpc) is 2.54. The summed E-state index contributed by atoms with van der Waals surface area (Å²) in [5, 5.41) is 2.75. The molecule has 2 rings (SSSR count). The van der Waals surface area contributed by atoms with E-state index in [1.165, 1.54) is 18.2 Å².